The Kier molecular flexibility index (Phi) is 22.0. The predicted octanol–water partition coefficient (Wildman–Crippen LogP) is 1.77. The minimum absolute atomic E-state index is 1.14. The van der Waals surface area contributed by atoms with Crippen molar-refractivity contribution in [2.24, 2.45) is 0 Å². The summed E-state index contributed by atoms with van der Waals surface area (Å²) in [4.78, 5) is 14.5. The van der Waals surface area contributed by atoms with E-state index in [1.807, 2.05) is 0 Å². The molecular formula is C26H61N7. The van der Waals surface area contributed by atoms with Gasteiger partial charge in [-0.2, -0.15) is 0 Å². The number of hydrogen-bond acceptors (Lipinski definition) is 7. The molecule has 0 radical (unpaired) electrons. The Hall–Kier alpha value is -0.280. The van der Waals surface area contributed by atoms with Gasteiger partial charge >= 0.3 is 0 Å². The van der Waals surface area contributed by atoms with Crippen LogP contribution in [0.25, 0.3) is 0 Å². The first-order valence-corrected chi connectivity index (χ1v) is 13.4. The zero-order valence-electron chi connectivity index (χ0n) is 23.9. The van der Waals surface area contributed by atoms with Gasteiger partial charge in [-0.3, -0.25) is 0 Å². The first kappa shape index (κ1) is 32.7. The van der Waals surface area contributed by atoms with Gasteiger partial charge in [-0.25, -0.2) is 0 Å². The van der Waals surface area contributed by atoms with Crippen LogP contribution in [0.1, 0.15) is 38.5 Å². The summed E-state index contributed by atoms with van der Waals surface area (Å²) in [6, 6.07) is 0. The molecule has 0 aliphatic carbocycles. The van der Waals surface area contributed by atoms with E-state index in [-0.39, 0.29) is 0 Å². The van der Waals surface area contributed by atoms with E-state index < -0.39 is 0 Å². The molecule has 0 atom stereocenters. The minimum atomic E-state index is 1.14. The Bertz CT molecular complexity index is 338. The molecular weight excluding hydrogens is 410 g/mol. The lowest BCUT2D eigenvalue weighted by Gasteiger charge is -2.25. The highest BCUT2D eigenvalue weighted by atomic mass is 15.1. The molecule has 0 rings (SSSR count). The van der Waals surface area contributed by atoms with Crippen molar-refractivity contribution in [3.8, 4) is 0 Å². The molecule has 200 valence electrons. The Morgan fingerprint density at radius 2 is 0.576 bits per heavy atom. The topological polar surface area (TPSA) is 31.5 Å². The van der Waals surface area contributed by atoms with Crippen LogP contribution in [0.15, 0.2) is 0 Å². The predicted molar refractivity (Wildman–Crippen MR) is 148 cm³/mol. The molecule has 0 aliphatic heterocycles. The summed E-state index contributed by atoms with van der Waals surface area (Å²) in [5, 5.41) is 3.71. The third-order valence-electron chi connectivity index (χ3n) is 5.97. The highest BCUT2D eigenvalue weighted by Crippen LogP contribution is 2.00. The average molecular weight is 472 g/mol. The maximum absolute atomic E-state index is 3.71. The fraction of sp³-hybridized carbons (Fsp3) is 1.00. The van der Waals surface area contributed by atoms with Crippen molar-refractivity contribution < 1.29 is 0 Å². The van der Waals surface area contributed by atoms with Crippen LogP contribution >= 0.6 is 0 Å². The Morgan fingerprint density at radius 3 is 0.818 bits per heavy atom. The van der Waals surface area contributed by atoms with Gasteiger partial charge in [0.25, 0.3) is 0 Å². The van der Waals surface area contributed by atoms with Crippen molar-refractivity contribution in [1.82, 2.24) is 34.7 Å². The Balaban J connectivity index is 4.08. The molecule has 0 aliphatic rings. The summed E-state index contributed by atoms with van der Waals surface area (Å²) >= 11 is 0. The summed E-state index contributed by atoms with van der Waals surface area (Å²) in [5.74, 6) is 0. The van der Waals surface area contributed by atoms with E-state index in [4.69, 9.17) is 0 Å². The van der Waals surface area contributed by atoms with Crippen LogP contribution in [0, 0.1) is 0 Å². The molecule has 0 saturated heterocycles. The summed E-state index contributed by atoms with van der Waals surface area (Å²) < 4.78 is 0. The molecule has 0 amide bonds. The van der Waals surface area contributed by atoms with Gasteiger partial charge in [0.1, 0.15) is 0 Å². The lowest BCUT2D eigenvalue weighted by Crippen LogP contribution is -2.34. The molecule has 0 spiro atoms. The van der Waals surface area contributed by atoms with Gasteiger partial charge in [-0.1, -0.05) is 0 Å². The fourth-order valence-corrected chi connectivity index (χ4v) is 4.09. The fourth-order valence-electron chi connectivity index (χ4n) is 4.09. The van der Waals surface area contributed by atoms with E-state index in [0.29, 0.717) is 0 Å². The van der Waals surface area contributed by atoms with Crippen LogP contribution in [0.4, 0.5) is 0 Å². The van der Waals surface area contributed by atoms with E-state index in [0.717, 1.165) is 13.1 Å². The van der Waals surface area contributed by atoms with Crippen molar-refractivity contribution in [1.29, 1.82) is 0 Å². The average Bonchev–Trinajstić information content (AvgIpc) is 2.71. The lowest BCUT2D eigenvalue weighted by molar-refractivity contribution is 0.233. The van der Waals surface area contributed by atoms with E-state index >= 15 is 0 Å². The van der Waals surface area contributed by atoms with Crippen molar-refractivity contribution >= 4 is 0 Å². The second kappa shape index (κ2) is 22.2. The Morgan fingerprint density at radius 1 is 0.333 bits per heavy atom. The zero-order valence-corrected chi connectivity index (χ0v) is 23.9. The van der Waals surface area contributed by atoms with Gasteiger partial charge in [-0.05, 0) is 173 Å². The molecule has 0 aromatic carbocycles. The highest BCUT2D eigenvalue weighted by Gasteiger charge is 2.07. The molecule has 0 bridgehead atoms. The standard InChI is InChI=1S/C26H61N7/c1-28(2)17-11-23-32(24-12-18-29(3)4)21-9-15-27-16-10-22-33(25-13-19-30(5)6)26-14-20-31(7)8/h27H,9-26H2,1-8H3. The van der Waals surface area contributed by atoms with Crippen LogP contribution in [0.2, 0.25) is 0 Å². The third kappa shape index (κ3) is 24.6. The SMILES string of the molecule is CN(C)CCCN(CCCNCCCN(CCCN(C)C)CCCN(C)C)CCCN(C)C. The van der Waals surface area contributed by atoms with Gasteiger partial charge in [0, 0.05) is 0 Å². The molecule has 0 saturated carbocycles. The second-order valence-corrected chi connectivity index (χ2v) is 10.8. The monoisotopic (exact) mass is 471 g/mol. The number of rotatable bonds is 24. The van der Waals surface area contributed by atoms with E-state index in [1.54, 1.807) is 0 Å². The molecule has 0 aromatic heterocycles. The van der Waals surface area contributed by atoms with E-state index in [2.05, 4.69) is 91.1 Å². The van der Waals surface area contributed by atoms with E-state index in [9.17, 15) is 0 Å². The number of nitrogens with one attached hydrogen (secondary N) is 1. The largest absolute Gasteiger partial charge is 0.317 e. The van der Waals surface area contributed by atoms with Gasteiger partial charge in [-0.15, -0.1) is 0 Å². The van der Waals surface area contributed by atoms with E-state index in [1.165, 1.54) is 104 Å². The molecule has 33 heavy (non-hydrogen) atoms. The van der Waals surface area contributed by atoms with Crippen LogP contribution in [0.3, 0.4) is 0 Å². The van der Waals surface area contributed by atoms with Crippen molar-refractivity contribution in [3.63, 3.8) is 0 Å². The minimum Gasteiger partial charge on any atom is -0.317 e. The summed E-state index contributed by atoms with van der Waals surface area (Å²) in [6.45, 7) is 14.3. The lowest BCUT2D eigenvalue weighted by atomic mass is 10.2. The smallest absolute Gasteiger partial charge is 0.000653 e. The van der Waals surface area contributed by atoms with Crippen LogP contribution in [-0.4, -0.2) is 164 Å². The van der Waals surface area contributed by atoms with Gasteiger partial charge in [0.05, 0.1) is 0 Å². The van der Waals surface area contributed by atoms with Gasteiger partial charge in [0.15, 0.2) is 0 Å². The number of nitrogens with zero attached hydrogens (tertiary/aromatic N) is 6. The molecule has 0 aromatic rings. The normalized spacial score (nSPS) is 12.5. The van der Waals surface area contributed by atoms with Crippen molar-refractivity contribution in [3.05, 3.63) is 0 Å². The van der Waals surface area contributed by atoms with Gasteiger partial charge in [0.2, 0.25) is 0 Å². The molecule has 0 unspecified atom stereocenters. The maximum atomic E-state index is 3.71. The molecule has 7 nitrogen and oxygen atoms in total. The highest BCUT2D eigenvalue weighted by molar-refractivity contribution is 4.64. The second-order valence-electron chi connectivity index (χ2n) is 10.8. The summed E-state index contributed by atoms with van der Waals surface area (Å²) in [7, 11) is 17.4. The molecule has 0 heterocycles. The maximum Gasteiger partial charge on any atom is -0.000653 e. The number of hydrogen-bond donors (Lipinski definition) is 1. The van der Waals surface area contributed by atoms with Crippen LogP contribution in [-0.2, 0) is 0 Å². The molecule has 1 N–H and O–H groups in total. The Labute approximate surface area is 208 Å². The van der Waals surface area contributed by atoms with Crippen LogP contribution < -0.4 is 5.32 Å². The van der Waals surface area contributed by atoms with Crippen molar-refractivity contribution in [2.75, 3.05) is 135 Å². The zero-order chi connectivity index (χ0) is 24.9. The molecule has 0 fully saturated rings. The van der Waals surface area contributed by atoms with Gasteiger partial charge < -0.3 is 34.7 Å². The summed E-state index contributed by atoms with van der Waals surface area (Å²) in [6.07, 6.45) is 7.55. The van der Waals surface area contributed by atoms with Crippen molar-refractivity contribution in [2.45, 2.75) is 38.5 Å². The quantitative estimate of drug-likeness (QED) is 0.215. The summed E-state index contributed by atoms with van der Waals surface area (Å²) in [5.41, 5.74) is 0. The first-order chi connectivity index (χ1) is 15.7. The molecule has 7 heteroatoms. The van der Waals surface area contributed by atoms with Crippen LogP contribution in [0.5, 0.6) is 0 Å². The first-order valence-electron chi connectivity index (χ1n) is 13.4. The third-order valence-corrected chi connectivity index (χ3v) is 5.97.